The van der Waals surface area contributed by atoms with Crippen molar-refractivity contribution >= 4 is 0 Å². The van der Waals surface area contributed by atoms with Crippen LogP contribution in [0.1, 0.15) is 6.42 Å². The van der Waals surface area contributed by atoms with Crippen molar-refractivity contribution in [1.82, 2.24) is 0 Å². The van der Waals surface area contributed by atoms with E-state index in [4.69, 9.17) is 0 Å². The van der Waals surface area contributed by atoms with E-state index in [0.717, 1.165) is 23.7 Å². The van der Waals surface area contributed by atoms with Crippen molar-refractivity contribution in [3.8, 4) is 0 Å². The molecule has 0 heteroatoms. The minimum atomic E-state index is 0.935. The first-order chi connectivity index (χ1) is 4.45. The average molecular weight is 118 g/mol. The number of fused-ring (bicyclic) bond motifs is 5. The van der Waals surface area contributed by atoms with Gasteiger partial charge in [-0.25, -0.2) is 0 Å². The van der Waals surface area contributed by atoms with Crippen LogP contribution >= 0.6 is 0 Å². The Balaban J connectivity index is 2.10. The largest absolute Gasteiger partial charge is 0.0845 e. The van der Waals surface area contributed by atoms with Crippen molar-refractivity contribution in [2.24, 2.45) is 23.7 Å². The Hall–Kier alpha value is -0.520. The predicted octanol–water partition coefficient (Wildman–Crippen LogP) is 1.99. The van der Waals surface area contributed by atoms with E-state index in [-0.39, 0.29) is 0 Å². The molecule has 0 aromatic rings. The van der Waals surface area contributed by atoms with Gasteiger partial charge in [-0.15, -0.1) is 0 Å². The van der Waals surface area contributed by atoms with E-state index in [0.29, 0.717) is 0 Å². The molecule has 1 fully saturated rings. The number of rotatable bonds is 0. The molecular formula is C9H10. The quantitative estimate of drug-likeness (QED) is 0.427. The van der Waals surface area contributed by atoms with Gasteiger partial charge in [0.15, 0.2) is 0 Å². The molecule has 2 bridgehead atoms. The zero-order valence-electron chi connectivity index (χ0n) is 5.33. The second kappa shape index (κ2) is 1.16. The highest BCUT2D eigenvalue weighted by atomic mass is 14.5. The lowest BCUT2D eigenvalue weighted by molar-refractivity contribution is 0.401. The summed E-state index contributed by atoms with van der Waals surface area (Å²) >= 11 is 0. The minimum Gasteiger partial charge on any atom is -0.0845 e. The van der Waals surface area contributed by atoms with Gasteiger partial charge in [-0.3, -0.25) is 0 Å². The van der Waals surface area contributed by atoms with Crippen molar-refractivity contribution in [2.45, 2.75) is 6.42 Å². The van der Waals surface area contributed by atoms with Crippen LogP contribution in [0.5, 0.6) is 0 Å². The summed E-state index contributed by atoms with van der Waals surface area (Å²) in [4.78, 5) is 0. The molecule has 0 aliphatic heterocycles. The van der Waals surface area contributed by atoms with Crippen LogP contribution in [0.2, 0.25) is 0 Å². The fraction of sp³-hybridized carbons (Fsp3) is 0.556. The molecule has 0 spiro atoms. The third-order valence-corrected chi connectivity index (χ3v) is 3.14. The van der Waals surface area contributed by atoms with Gasteiger partial charge >= 0.3 is 0 Å². The van der Waals surface area contributed by atoms with Gasteiger partial charge < -0.3 is 0 Å². The second-order valence-electron chi connectivity index (χ2n) is 3.49. The molecule has 0 heterocycles. The van der Waals surface area contributed by atoms with Crippen LogP contribution in [0, 0.1) is 23.7 Å². The molecule has 3 rings (SSSR count). The van der Waals surface area contributed by atoms with E-state index in [9.17, 15) is 0 Å². The van der Waals surface area contributed by atoms with Gasteiger partial charge in [0.05, 0.1) is 0 Å². The van der Waals surface area contributed by atoms with Crippen LogP contribution in [0.15, 0.2) is 24.3 Å². The Kier molecular flexibility index (Phi) is 0.555. The van der Waals surface area contributed by atoms with Gasteiger partial charge in [0, 0.05) is 0 Å². The summed E-state index contributed by atoms with van der Waals surface area (Å²) < 4.78 is 0. The van der Waals surface area contributed by atoms with E-state index >= 15 is 0 Å². The Bertz CT molecular complexity index is 176. The molecule has 0 aromatic carbocycles. The molecule has 46 valence electrons. The van der Waals surface area contributed by atoms with Crippen molar-refractivity contribution in [3.05, 3.63) is 24.3 Å². The fourth-order valence-corrected chi connectivity index (χ4v) is 2.55. The summed E-state index contributed by atoms with van der Waals surface area (Å²) in [5.74, 6) is 3.79. The zero-order chi connectivity index (χ0) is 5.84. The lowest BCUT2D eigenvalue weighted by Gasteiger charge is -2.29. The summed E-state index contributed by atoms with van der Waals surface area (Å²) in [5.41, 5.74) is 0. The molecule has 4 atom stereocenters. The molecule has 9 heavy (non-hydrogen) atoms. The first-order valence-electron chi connectivity index (χ1n) is 3.82. The molecule has 0 nitrogen and oxygen atoms in total. The topological polar surface area (TPSA) is 0 Å². The lowest BCUT2D eigenvalue weighted by Crippen LogP contribution is -2.22. The van der Waals surface area contributed by atoms with E-state index in [1.165, 1.54) is 6.42 Å². The Morgan fingerprint density at radius 2 is 1.33 bits per heavy atom. The van der Waals surface area contributed by atoms with E-state index in [1.807, 2.05) is 0 Å². The monoisotopic (exact) mass is 118 g/mol. The fourth-order valence-electron chi connectivity index (χ4n) is 2.55. The van der Waals surface area contributed by atoms with Crippen LogP contribution < -0.4 is 0 Å². The summed E-state index contributed by atoms with van der Waals surface area (Å²) in [7, 11) is 0. The number of hydrogen-bond donors (Lipinski definition) is 0. The highest BCUT2D eigenvalue weighted by Crippen LogP contribution is 2.53. The predicted molar refractivity (Wildman–Crippen MR) is 36.9 cm³/mol. The maximum atomic E-state index is 2.41. The first kappa shape index (κ1) is 4.32. The first-order valence-corrected chi connectivity index (χ1v) is 3.82. The molecule has 3 aliphatic carbocycles. The van der Waals surface area contributed by atoms with Crippen LogP contribution in [-0.4, -0.2) is 0 Å². The standard InChI is InChI=1S/C9H10/c1-2-7-5-6(1)8-3-4-9(7)8/h1-4,6-9H,5H2/t6-,7-,8+,9+/m0/s1. The Morgan fingerprint density at radius 1 is 0.778 bits per heavy atom. The minimum absolute atomic E-state index is 0.935. The normalized spacial score (nSPS) is 57.8. The number of allylic oxidation sites excluding steroid dienone is 4. The second-order valence-corrected chi connectivity index (χ2v) is 3.49. The molecule has 1 saturated carbocycles. The molecule has 0 unspecified atom stereocenters. The van der Waals surface area contributed by atoms with E-state index in [2.05, 4.69) is 24.3 Å². The van der Waals surface area contributed by atoms with Crippen molar-refractivity contribution < 1.29 is 0 Å². The van der Waals surface area contributed by atoms with Gasteiger partial charge in [-0.1, -0.05) is 24.3 Å². The van der Waals surface area contributed by atoms with Crippen LogP contribution in [0.25, 0.3) is 0 Å². The van der Waals surface area contributed by atoms with Crippen molar-refractivity contribution in [2.75, 3.05) is 0 Å². The number of hydrogen-bond acceptors (Lipinski definition) is 0. The molecule has 0 radical (unpaired) electrons. The van der Waals surface area contributed by atoms with Gasteiger partial charge in [0.1, 0.15) is 0 Å². The highest BCUT2D eigenvalue weighted by molar-refractivity contribution is 5.27. The molecule has 0 amide bonds. The summed E-state index contributed by atoms with van der Waals surface area (Å²) in [5, 5.41) is 0. The molecule has 3 aliphatic rings. The van der Waals surface area contributed by atoms with E-state index < -0.39 is 0 Å². The molecular weight excluding hydrogens is 108 g/mol. The lowest BCUT2D eigenvalue weighted by atomic mass is 9.75. The zero-order valence-corrected chi connectivity index (χ0v) is 5.33. The molecule has 0 aromatic heterocycles. The SMILES string of the molecule is C1=C[C@H]2[C@H]1[C@H]1C=C[C@H]2C1. The van der Waals surface area contributed by atoms with Gasteiger partial charge in [0.25, 0.3) is 0 Å². The van der Waals surface area contributed by atoms with Gasteiger partial charge in [-0.05, 0) is 30.1 Å². The van der Waals surface area contributed by atoms with Crippen LogP contribution in [-0.2, 0) is 0 Å². The van der Waals surface area contributed by atoms with E-state index in [1.54, 1.807) is 0 Å². The van der Waals surface area contributed by atoms with Gasteiger partial charge in [-0.2, -0.15) is 0 Å². The molecule has 0 N–H and O–H groups in total. The Morgan fingerprint density at radius 3 is 1.67 bits per heavy atom. The van der Waals surface area contributed by atoms with Gasteiger partial charge in [0.2, 0.25) is 0 Å². The maximum Gasteiger partial charge on any atom is -0.0102 e. The third kappa shape index (κ3) is 0.346. The maximum absolute atomic E-state index is 2.41. The molecule has 0 saturated heterocycles. The summed E-state index contributed by atoms with van der Waals surface area (Å²) in [6, 6.07) is 0. The van der Waals surface area contributed by atoms with Crippen LogP contribution in [0.3, 0.4) is 0 Å². The summed E-state index contributed by atoms with van der Waals surface area (Å²) in [6.45, 7) is 0. The third-order valence-electron chi connectivity index (χ3n) is 3.14. The van der Waals surface area contributed by atoms with Crippen molar-refractivity contribution in [3.63, 3.8) is 0 Å². The summed E-state index contributed by atoms with van der Waals surface area (Å²) in [6.07, 6.45) is 11.0. The smallest absolute Gasteiger partial charge is 0.0102 e. The Labute approximate surface area is 55.3 Å². The average Bonchev–Trinajstić information content (AvgIpc) is 2.18. The highest BCUT2D eigenvalue weighted by Gasteiger charge is 2.45. The van der Waals surface area contributed by atoms with Crippen LogP contribution in [0.4, 0.5) is 0 Å². The van der Waals surface area contributed by atoms with Crippen molar-refractivity contribution in [1.29, 1.82) is 0 Å².